The van der Waals surface area contributed by atoms with Crippen LogP contribution in [0.1, 0.15) is 26.7 Å². The van der Waals surface area contributed by atoms with Crippen molar-refractivity contribution in [2.75, 3.05) is 11.5 Å². The number of halogens is 2. The molecule has 1 rings (SSSR count). The number of hydrogen-bond acceptors (Lipinski definition) is 2. The van der Waals surface area contributed by atoms with Gasteiger partial charge in [0.1, 0.15) is 5.41 Å². The predicted molar refractivity (Wildman–Crippen MR) is 56.4 cm³/mol. The maximum Gasteiger partial charge on any atom is 0.315 e. The molecule has 1 heterocycles. The molecule has 0 aromatic carbocycles. The molecule has 88 valence electrons. The molecule has 1 aliphatic heterocycles. The van der Waals surface area contributed by atoms with Gasteiger partial charge in [-0.1, -0.05) is 13.8 Å². The smallest absolute Gasteiger partial charge is 0.315 e. The molecule has 1 atom stereocenters. The Morgan fingerprint density at radius 1 is 1.53 bits per heavy atom. The average Bonchev–Trinajstić information content (AvgIpc) is 2.07. The number of rotatable bonds is 3. The SMILES string of the molecule is CC(C)CC1(C(=O)O)CCSCC1(F)F. The van der Waals surface area contributed by atoms with Crippen LogP contribution >= 0.6 is 11.8 Å². The lowest BCUT2D eigenvalue weighted by Crippen LogP contribution is -2.52. The molecule has 0 saturated carbocycles. The predicted octanol–water partition coefficient (Wildman–Crippen LogP) is 2.88. The maximum atomic E-state index is 13.7. The van der Waals surface area contributed by atoms with Gasteiger partial charge >= 0.3 is 5.97 Å². The second-order valence-corrected chi connectivity index (χ2v) is 5.60. The quantitative estimate of drug-likeness (QED) is 0.821. The van der Waals surface area contributed by atoms with E-state index >= 15 is 0 Å². The lowest BCUT2D eigenvalue weighted by molar-refractivity contribution is -0.179. The highest BCUT2D eigenvalue weighted by Crippen LogP contribution is 2.50. The second kappa shape index (κ2) is 4.28. The summed E-state index contributed by atoms with van der Waals surface area (Å²) in [5.41, 5.74) is -1.84. The van der Waals surface area contributed by atoms with Gasteiger partial charge in [-0.05, 0) is 24.5 Å². The average molecular weight is 238 g/mol. The Morgan fingerprint density at radius 2 is 2.13 bits per heavy atom. The Morgan fingerprint density at radius 3 is 2.53 bits per heavy atom. The van der Waals surface area contributed by atoms with Gasteiger partial charge in [-0.3, -0.25) is 4.79 Å². The van der Waals surface area contributed by atoms with Crippen LogP contribution in [-0.2, 0) is 4.79 Å². The zero-order valence-electron chi connectivity index (χ0n) is 8.93. The van der Waals surface area contributed by atoms with Crippen molar-refractivity contribution >= 4 is 17.7 Å². The first-order valence-corrected chi connectivity index (χ1v) is 6.16. The zero-order valence-corrected chi connectivity index (χ0v) is 9.74. The Labute approximate surface area is 92.4 Å². The molecule has 15 heavy (non-hydrogen) atoms. The molecule has 5 heteroatoms. The van der Waals surface area contributed by atoms with Gasteiger partial charge in [0.25, 0.3) is 5.92 Å². The molecule has 1 unspecified atom stereocenters. The summed E-state index contributed by atoms with van der Waals surface area (Å²) in [5.74, 6) is -4.33. The van der Waals surface area contributed by atoms with E-state index in [2.05, 4.69) is 0 Å². The van der Waals surface area contributed by atoms with Crippen LogP contribution in [0.4, 0.5) is 8.78 Å². The van der Waals surface area contributed by atoms with Crippen molar-refractivity contribution in [3.63, 3.8) is 0 Å². The highest BCUT2D eigenvalue weighted by Gasteiger charge is 2.60. The van der Waals surface area contributed by atoms with E-state index in [1.807, 2.05) is 0 Å². The molecule has 0 aliphatic carbocycles. The molecule has 0 bridgehead atoms. The lowest BCUT2D eigenvalue weighted by Gasteiger charge is -2.41. The molecule has 1 saturated heterocycles. The van der Waals surface area contributed by atoms with Crippen LogP contribution in [0.5, 0.6) is 0 Å². The molecule has 0 aromatic rings. The Bertz CT molecular complexity index is 256. The minimum atomic E-state index is -3.09. The Hall–Kier alpha value is -0.320. The molecule has 1 aliphatic rings. The van der Waals surface area contributed by atoms with Crippen LogP contribution in [0.25, 0.3) is 0 Å². The molecular weight excluding hydrogens is 222 g/mol. The summed E-state index contributed by atoms with van der Waals surface area (Å²) in [6.45, 7) is 3.56. The topological polar surface area (TPSA) is 37.3 Å². The standard InChI is InChI=1S/C10H16F2O2S/c1-7(2)5-9(8(13)14)3-4-15-6-10(9,11)12/h7H,3-6H2,1-2H3,(H,13,14). The van der Waals surface area contributed by atoms with Gasteiger partial charge < -0.3 is 5.11 Å². The van der Waals surface area contributed by atoms with E-state index in [1.165, 1.54) is 0 Å². The summed E-state index contributed by atoms with van der Waals surface area (Å²) in [7, 11) is 0. The van der Waals surface area contributed by atoms with E-state index in [9.17, 15) is 13.6 Å². The highest BCUT2D eigenvalue weighted by atomic mass is 32.2. The normalized spacial score (nSPS) is 30.5. The van der Waals surface area contributed by atoms with E-state index in [-0.39, 0.29) is 24.5 Å². The molecule has 1 N–H and O–H groups in total. The summed E-state index contributed by atoms with van der Waals surface area (Å²) in [4.78, 5) is 11.1. The van der Waals surface area contributed by atoms with Crippen molar-refractivity contribution in [3.05, 3.63) is 0 Å². The summed E-state index contributed by atoms with van der Waals surface area (Å²) >= 11 is 1.14. The lowest BCUT2D eigenvalue weighted by atomic mass is 9.73. The van der Waals surface area contributed by atoms with Crippen molar-refractivity contribution in [3.8, 4) is 0 Å². The molecule has 0 amide bonds. The summed E-state index contributed by atoms with van der Waals surface area (Å²) in [5, 5.41) is 9.08. The van der Waals surface area contributed by atoms with Gasteiger partial charge in [-0.2, -0.15) is 11.8 Å². The number of carboxylic acids is 1. The number of aliphatic carboxylic acids is 1. The van der Waals surface area contributed by atoms with Crippen LogP contribution in [0.15, 0.2) is 0 Å². The monoisotopic (exact) mass is 238 g/mol. The molecule has 1 fully saturated rings. The molecule has 0 radical (unpaired) electrons. The summed E-state index contributed by atoms with van der Waals surface area (Å²) < 4.78 is 27.5. The first kappa shape index (κ1) is 12.7. The third kappa shape index (κ3) is 2.27. The molecule has 2 nitrogen and oxygen atoms in total. The van der Waals surface area contributed by atoms with E-state index in [0.29, 0.717) is 5.75 Å². The van der Waals surface area contributed by atoms with Gasteiger partial charge in [0.05, 0.1) is 5.75 Å². The second-order valence-electron chi connectivity index (χ2n) is 4.49. The van der Waals surface area contributed by atoms with Crippen molar-refractivity contribution in [1.82, 2.24) is 0 Å². The van der Waals surface area contributed by atoms with E-state index in [4.69, 9.17) is 5.11 Å². The number of carbonyl (C=O) groups is 1. The highest BCUT2D eigenvalue weighted by molar-refractivity contribution is 7.99. The van der Waals surface area contributed by atoms with Crippen molar-refractivity contribution in [2.24, 2.45) is 11.3 Å². The van der Waals surface area contributed by atoms with Crippen LogP contribution in [0, 0.1) is 11.3 Å². The number of carboxylic acid groups (broad SMARTS) is 1. The van der Waals surface area contributed by atoms with E-state index in [0.717, 1.165) is 11.8 Å². The van der Waals surface area contributed by atoms with Crippen LogP contribution < -0.4 is 0 Å². The first-order valence-electron chi connectivity index (χ1n) is 5.01. The van der Waals surface area contributed by atoms with Gasteiger partial charge in [0.15, 0.2) is 0 Å². The van der Waals surface area contributed by atoms with Gasteiger partial charge in [0.2, 0.25) is 0 Å². The molecular formula is C10H16F2O2S. The molecule has 0 spiro atoms. The fraction of sp³-hybridized carbons (Fsp3) is 0.900. The van der Waals surface area contributed by atoms with Crippen molar-refractivity contribution in [2.45, 2.75) is 32.6 Å². The summed E-state index contributed by atoms with van der Waals surface area (Å²) in [6, 6.07) is 0. The Balaban J connectivity index is 3.01. The maximum absolute atomic E-state index is 13.7. The first-order chi connectivity index (χ1) is 6.82. The Kier molecular flexibility index (Phi) is 3.63. The van der Waals surface area contributed by atoms with Gasteiger partial charge in [-0.15, -0.1) is 0 Å². The third-order valence-corrected chi connectivity index (χ3v) is 3.88. The van der Waals surface area contributed by atoms with E-state index < -0.39 is 17.3 Å². The minimum Gasteiger partial charge on any atom is -0.481 e. The fourth-order valence-corrected chi connectivity index (χ4v) is 3.24. The number of thioether (sulfide) groups is 1. The van der Waals surface area contributed by atoms with Crippen molar-refractivity contribution < 1.29 is 18.7 Å². The van der Waals surface area contributed by atoms with E-state index in [1.54, 1.807) is 13.8 Å². The molecule has 0 aromatic heterocycles. The fourth-order valence-electron chi connectivity index (χ4n) is 2.07. The number of alkyl halides is 2. The summed E-state index contributed by atoms with van der Waals surface area (Å²) in [6.07, 6.45) is 0.119. The van der Waals surface area contributed by atoms with Crippen LogP contribution in [-0.4, -0.2) is 28.5 Å². The largest absolute Gasteiger partial charge is 0.481 e. The van der Waals surface area contributed by atoms with Gasteiger partial charge in [0, 0.05) is 0 Å². The van der Waals surface area contributed by atoms with Crippen LogP contribution in [0.3, 0.4) is 0 Å². The van der Waals surface area contributed by atoms with Gasteiger partial charge in [-0.25, -0.2) is 8.78 Å². The number of hydrogen-bond donors (Lipinski definition) is 1. The van der Waals surface area contributed by atoms with Crippen LogP contribution in [0.2, 0.25) is 0 Å². The third-order valence-electron chi connectivity index (χ3n) is 2.82. The minimum absolute atomic E-state index is 0.0323. The van der Waals surface area contributed by atoms with Crippen molar-refractivity contribution in [1.29, 1.82) is 0 Å². The zero-order chi connectivity index (χ0) is 11.7.